The van der Waals surface area contributed by atoms with Gasteiger partial charge in [0.2, 0.25) is 0 Å². The van der Waals surface area contributed by atoms with Gasteiger partial charge < -0.3 is 10.2 Å². The van der Waals surface area contributed by atoms with Crippen LogP contribution in [-0.2, 0) is 22.8 Å². The molecule has 3 aromatic rings. The number of rotatable bonds is 5. The molecule has 1 aromatic heterocycles. The second-order valence-electron chi connectivity index (χ2n) is 8.86. The maximum atomic E-state index is 12.1. The van der Waals surface area contributed by atoms with Gasteiger partial charge >= 0.3 is 0 Å². The summed E-state index contributed by atoms with van der Waals surface area (Å²) in [6.45, 7) is 4.06. The zero-order valence-electron chi connectivity index (χ0n) is 18.8. The Morgan fingerprint density at radius 1 is 0.939 bits per heavy atom. The first-order valence-electron chi connectivity index (χ1n) is 11.4. The van der Waals surface area contributed by atoms with Crippen molar-refractivity contribution in [1.29, 1.82) is 0 Å². The number of hydrogen-bond donors (Lipinski definition) is 1. The van der Waals surface area contributed by atoms with E-state index in [-0.39, 0.29) is 4.90 Å². The highest BCUT2D eigenvalue weighted by Gasteiger charge is 2.27. The van der Waals surface area contributed by atoms with Crippen LogP contribution in [0, 0.1) is 0 Å². The summed E-state index contributed by atoms with van der Waals surface area (Å²) < 4.78 is 24.2. The number of benzene rings is 2. The molecule has 0 amide bonds. The number of sulfone groups is 1. The summed E-state index contributed by atoms with van der Waals surface area (Å²) in [5.74, 6) is 1.46. The number of fused-ring (bicyclic) bond motifs is 1. The predicted molar refractivity (Wildman–Crippen MR) is 131 cm³/mol. The third-order valence-electron chi connectivity index (χ3n) is 6.67. The molecule has 2 aliphatic rings. The van der Waals surface area contributed by atoms with Crippen molar-refractivity contribution in [2.45, 2.75) is 36.7 Å². The van der Waals surface area contributed by atoms with Crippen LogP contribution in [-0.4, -0.2) is 55.2 Å². The van der Waals surface area contributed by atoms with Crippen LogP contribution >= 0.6 is 0 Å². The Morgan fingerprint density at radius 3 is 2.45 bits per heavy atom. The second kappa shape index (κ2) is 9.11. The van der Waals surface area contributed by atoms with Gasteiger partial charge in [-0.2, -0.15) is 0 Å². The largest absolute Gasteiger partial charge is 0.356 e. The van der Waals surface area contributed by atoms with Crippen LogP contribution < -0.4 is 10.2 Å². The molecule has 172 valence electrons. The van der Waals surface area contributed by atoms with E-state index in [1.165, 1.54) is 23.7 Å². The fraction of sp³-hybridized carbons (Fsp3) is 0.360. The summed E-state index contributed by atoms with van der Waals surface area (Å²) in [5.41, 5.74) is 3.48. The van der Waals surface area contributed by atoms with Gasteiger partial charge in [-0.3, -0.25) is 4.90 Å². The lowest BCUT2D eigenvalue weighted by Gasteiger charge is -2.41. The topological polar surface area (TPSA) is 78.4 Å². The van der Waals surface area contributed by atoms with Crippen molar-refractivity contribution in [2.24, 2.45) is 0 Å². The van der Waals surface area contributed by atoms with Gasteiger partial charge in [-0.15, -0.1) is 0 Å². The standard InChI is InChI=1S/C25H29N5O2S/c1-33(31,32)23-9-5-4-8-22(23)28-24-16-25(27-18-26-24)29-14-11-21(12-15-29)30-13-10-19-6-2-3-7-20(19)17-30/h2-9,16,18,21H,10-15,17H2,1H3,(H,26,27,28). The van der Waals surface area contributed by atoms with Gasteiger partial charge in [-0.05, 0) is 42.5 Å². The highest BCUT2D eigenvalue weighted by Crippen LogP contribution is 2.28. The molecule has 8 heteroatoms. The monoisotopic (exact) mass is 463 g/mol. The molecular weight excluding hydrogens is 434 g/mol. The first kappa shape index (κ1) is 21.9. The van der Waals surface area contributed by atoms with Crippen LogP contribution in [0.25, 0.3) is 0 Å². The second-order valence-corrected chi connectivity index (χ2v) is 10.8. The van der Waals surface area contributed by atoms with E-state index in [0.717, 1.165) is 51.3 Å². The lowest BCUT2D eigenvalue weighted by atomic mass is 9.95. The summed E-state index contributed by atoms with van der Waals surface area (Å²) >= 11 is 0. The Kier molecular flexibility index (Phi) is 6.03. The molecule has 1 N–H and O–H groups in total. The normalized spacial score (nSPS) is 17.5. The first-order chi connectivity index (χ1) is 16.0. The molecule has 0 atom stereocenters. The molecule has 1 saturated heterocycles. The minimum Gasteiger partial charge on any atom is -0.356 e. The molecule has 2 aromatic carbocycles. The minimum atomic E-state index is -3.34. The van der Waals surface area contributed by atoms with Gasteiger partial charge in [0.25, 0.3) is 0 Å². The zero-order valence-corrected chi connectivity index (χ0v) is 19.6. The third kappa shape index (κ3) is 4.86. The van der Waals surface area contributed by atoms with Crippen molar-refractivity contribution in [3.63, 3.8) is 0 Å². The minimum absolute atomic E-state index is 0.258. The maximum absolute atomic E-state index is 12.1. The molecule has 1 fully saturated rings. The van der Waals surface area contributed by atoms with E-state index in [2.05, 4.69) is 49.4 Å². The Labute approximate surface area is 195 Å². The number of piperidine rings is 1. The smallest absolute Gasteiger partial charge is 0.177 e. The van der Waals surface area contributed by atoms with Crippen LogP contribution in [0.3, 0.4) is 0 Å². The van der Waals surface area contributed by atoms with Gasteiger partial charge in [0, 0.05) is 44.5 Å². The number of nitrogens with zero attached hydrogens (tertiary/aromatic N) is 4. The molecule has 0 bridgehead atoms. The van der Waals surface area contributed by atoms with E-state index in [1.807, 2.05) is 12.1 Å². The molecule has 0 spiro atoms. The van der Waals surface area contributed by atoms with Crippen molar-refractivity contribution >= 4 is 27.2 Å². The quantitative estimate of drug-likeness (QED) is 0.619. The third-order valence-corrected chi connectivity index (χ3v) is 7.82. The summed E-state index contributed by atoms with van der Waals surface area (Å²) in [5, 5.41) is 3.16. The van der Waals surface area contributed by atoms with Gasteiger partial charge in [0.1, 0.15) is 18.0 Å². The van der Waals surface area contributed by atoms with Crippen LogP contribution in [0.2, 0.25) is 0 Å². The fourth-order valence-electron chi connectivity index (χ4n) is 4.91. The SMILES string of the molecule is CS(=O)(=O)c1ccccc1Nc1cc(N2CCC(N3CCc4ccccc4C3)CC2)ncn1. The molecular formula is C25H29N5O2S. The van der Waals surface area contributed by atoms with Crippen molar-refractivity contribution in [3.8, 4) is 0 Å². The van der Waals surface area contributed by atoms with E-state index >= 15 is 0 Å². The highest BCUT2D eigenvalue weighted by molar-refractivity contribution is 7.90. The van der Waals surface area contributed by atoms with Gasteiger partial charge in [-0.25, -0.2) is 18.4 Å². The molecule has 2 aliphatic heterocycles. The Morgan fingerprint density at radius 2 is 1.67 bits per heavy atom. The molecule has 0 saturated carbocycles. The molecule has 0 unspecified atom stereocenters. The van der Waals surface area contributed by atoms with E-state index in [4.69, 9.17) is 0 Å². The number of para-hydroxylation sites is 1. The average Bonchev–Trinajstić information content (AvgIpc) is 2.84. The number of hydrogen-bond acceptors (Lipinski definition) is 7. The van der Waals surface area contributed by atoms with E-state index < -0.39 is 9.84 Å². The Balaban J connectivity index is 1.24. The van der Waals surface area contributed by atoms with Gasteiger partial charge in [0.05, 0.1) is 10.6 Å². The van der Waals surface area contributed by atoms with Crippen molar-refractivity contribution in [2.75, 3.05) is 36.1 Å². The lowest BCUT2D eigenvalue weighted by molar-refractivity contribution is 0.153. The maximum Gasteiger partial charge on any atom is 0.177 e. The lowest BCUT2D eigenvalue weighted by Crippen LogP contribution is -2.46. The summed E-state index contributed by atoms with van der Waals surface area (Å²) in [4.78, 5) is 14.0. The summed E-state index contributed by atoms with van der Waals surface area (Å²) in [6.07, 6.45) is 6.09. The summed E-state index contributed by atoms with van der Waals surface area (Å²) in [7, 11) is -3.34. The number of anilines is 3. The van der Waals surface area contributed by atoms with Crippen LogP contribution in [0.1, 0.15) is 24.0 Å². The van der Waals surface area contributed by atoms with Gasteiger partial charge in [0.15, 0.2) is 9.84 Å². The van der Waals surface area contributed by atoms with Crippen molar-refractivity contribution < 1.29 is 8.42 Å². The van der Waals surface area contributed by atoms with E-state index in [9.17, 15) is 8.42 Å². The van der Waals surface area contributed by atoms with E-state index in [0.29, 0.717) is 17.5 Å². The molecule has 5 rings (SSSR count). The van der Waals surface area contributed by atoms with Crippen molar-refractivity contribution in [1.82, 2.24) is 14.9 Å². The van der Waals surface area contributed by atoms with Gasteiger partial charge in [-0.1, -0.05) is 36.4 Å². The molecule has 0 aliphatic carbocycles. The first-order valence-corrected chi connectivity index (χ1v) is 13.3. The highest BCUT2D eigenvalue weighted by atomic mass is 32.2. The molecule has 3 heterocycles. The van der Waals surface area contributed by atoms with Crippen molar-refractivity contribution in [3.05, 3.63) is 72.1 Å². The van der Waals surface area contributed by atoms with E-state index in [1.54, 1.807) is 18.2 Å². The van der Waals surface area contributed by atoms with Crippen LogP contribution in [0.4, 0.5) is 17.3 Å². The van der Waals surface area contributed by atoms with Crippen LogP contribution in [0.5, 0.6) is 0 Å². The number of aromatic nitrogens is 2. The zero-order chi connectivity index (χ0) is 22.8. The Bertz CT molecular complexity index is 1240. The molecule has 0 radical (unpaired) electrons. The summed E-state index contributed by atoms with van der Waals surface area (Å²) in [6, 6.07) is 18.2. The fourth-order valence-corrected chi connectivity index (χ4v) is 5.75. The van der Waals surface area contributed by atoms with Crippen LogP contribution in [0.15, 0.2) is 65.8 Å². The molecule has 7 nitrogen and oxygen atoms in total. The number of nitrogens with one attached hydrogen (secondary N) is 1. The molecule has 33 heavy (non-hydrogen) atoms. The average molecular weight is 464 g/mol. The Hall–Kier alpha value is -2.97. The predicted octanol–water partition coefficient (Wildman–Crippen LogP) is 3.65.